The molecule has 0 spiro atoms. The third kappa shape index (κ3) is 4.61. The van der Waals surface area contributed by atoms with E-state index in [0.29, 0.717) is 45.7 Å². The lowest BCUT2D eigenvalue weighted by Crippen LogP contribution is -2.23. The zero-order chi connectivity index (χ0) is 21.8. The van der Waals surface area contributed by atoms with E-state index in [4.69, 9.17) is 9.26 Å². The Kier molecular flexibility index (Phi) is 6.03. The van der Waals surface area contributed by atoms with Gasteiger partial charge in [-0.25, -0.2) is 4.98 Å². The van der Waals surface area contributed by atoms with Gasteiger partial charge in [-0.1, -0.05) is 29.1 Å². The summed E-state index contributed by atoms with van der Waals surface area (Å²) in [5, 5.41) is 7.34. The van der Waals surface area contributed by atoms with E-state index in [-0.39, 0.29) is 17.2 Å². The Balaban J connectivity index is 1.66. The largest absolute Gasteiger partial charge is 0.494 e. The fourth-order valence-corrected chi connectivity index (χ4v) is 3.84. The molecule has 0 aliphatic heterocycles. The number of rotatable bonds is 7. The summed E-state index contributed by atoms with van der Waals surface area (Å²) in [6.45, 7) is 4.20. The molecule has 0 unspecified atom stereocenters. The van der Waals surface area contributed by atoms with Gasteiger partial charge in [0.1, 0.15) is 11.5 Å². The quantitative estimate of drug-likeness (QED) is 0.347. The molecule has 0 aliphatic rings. The predicted octanol–water partition coefficient (Wildman–Crippen LogP) is 3.81. The number of carbonyl (C=O) groups excluding carboxylic acids is 1. The lowest BCUT2D eigenvalue weighted by atomic mass is 10.2. The zero-order valence-electron chi connectivity index (χ0n) is 17.0. The maximum absolute atomic E-state index is 13.3. The predicted molar refractivity (Wildman–Crippen MR) is 119 cm³/mol. The maximum Gasteiger partial charge on any atom is 0.266 e. The fraction of sp³-hybridized carbons (Fsp3) is 0.182. The van der Waals surface area contributed by atoms with E-state index in [9.17, 15) is 9.59 Å². The highest BCUT2D eigenvalue weighted by molar-refractivity contribution is 7.99. The van der Waals surface area contributed by atoms with Crippen LogP contribution < -0.4 is 15.6 Å². The molecule has 2 heterocycles. The second kappa shape index (κ2) is 9.05. The highest BCUT2D eigenvalue weighted by Crippen LogP contribution is 2.23. The van der Waals surface area contributed by atoms with Gasteiger partial charge in [0.25, 0.3) is 5.56 Å². The van der Waals surface area contributed by atoms with Gasteiger partial charge in [-0.3, -0.25) is 14.2 Å². The van der Waals surface area contributed by atoms with Crippen molar-refractivity contribution >= 4 is 34.4 Å². The number of benzene rings is 2. The first kappa shape index (κ1) is 20.7. The molecule has 0 bridgehead atoms. The molecule has 0 aliphatic carbocycles. The third-order valence-corrected chi connectivity index (χ3v) is 5.32. The van der Waals surface area contributed by atoms with Crippen LogP contribution in [-0.2, 0) is 4.79 Å². The zero-order valence-corrected chi connectivity index (χ0v) is 17.8. The van der Waals surface area contributed by atoms with Crippen LogP contribution in [-0.4, -0.2) is 33.0 Å². The van der Waals surface area contributed by atoms with Gasteiger partial charge in [0.05, 0.1) is 29.0 Å². The number of hydrogen-bond acceptors (Lipinski definition) is 7. The number of carbonyl (C=O) groups is 1. The van der Waals surface area contributed by atoms with E-state index in [1.165, 1.54) is 16.3 Å². The number of anilines is 1. The minimum Gasteiger partial charge on any atom is -0.494 e. The molecule has 1 N–H and O–H groups in total. The number of aromatic nitrogens is 3. The van der Waals surface area contributed by atoms with Gasteiger partial charge < -0.3 is 14.6 Å². The SMILES string of the molecule is CCOc1ccc(-n2c(SCC(=O)Nc3cc(C)on3)nc3ccccc3c2=O)cc1. The number of ether oxygens (including phenoxy) is 1. The van der Waals surface area contributed by atoms with Gasteiger partial charge in [0, 0.05) is 6.07 Å². The fourth-order valence-electron chi connectivity index (χ4n) is 3.03. The van der Waals surface area contributed by atoms with Gasteiger partial charge >= 0.3 is 0 Å². The van der Waals surface area contributed by atoms with Gasteiger partial charge in [-0.05, 0) is 50.2 Å². The Morgan fingerprint density at radius 1 is 1.19 bits per heavy atom. The molecular formula is C22H20N4O4S. The van der Waals surface area contributed by atoms with Crippen molar-refractivity contribution in [1.29, 1.82) is 0 Å². The van der Waals surface area contributed by atoms with Crippen LogP contribution in [0.1, 0.15) is 12.7 Å². The molecule has 4 rings (SSSR count). The van der Waals surface area contributed by atoms with Crippen molar-refractivity contribution in [3.8, 4) is 11.4 Å². The highest BCUT2D eigenvalue weighted by Gasteiger charge is 2.15. The van der Waals surface area contributed by atoms with Gasteiger partial charge in [-0.2, -0.15) is 0 Å². The van der Waals surface area contributed by atoms with Gasteiger partial charge in [0.2, 0.25) is 5.91 Å². The Morgan fingerprint density at radius 3 is 2.68 bits per heavy atom. The van der Waals surface area contributed by atoms with E-state index >= 15 is 0 Å². The lowest BCUT2D eigenvalue weighted by Gasteiger charge is -2.13. The van der Waals surface area contributed by atoms with Crippen LogP contribution in [0.15, 0.2) is 69.1 Å². The average molecular weight is 436 g/mol. The summed E-state index contributed by atoms with van der Waals surface area (Å²) < 4.78 is 12.0. The summed E-state index contributed by atoms with van der Waals surface area (Å²) in [6.07, 6.45) is 0. The summed E-state index contributed by atoms with van der Waals surface area (Å²) in [4.78, 5) is 30.3. The van der Waals surface area contributed by atoms with Crippen LogP contribution >= 0.6 is 11.8 Å². The molecule has 31 heavy (non-hydrogen) atoms. The molecule has 0 saturated heterocycles. The van der Waals surface area contributed by atoms with Crippen LogP contribution in [0.4, 0.5) is 5.82 Å². The lowest BCUT2D eigenvalue weighted by molar-refractivity contribution is -0.113. The number of amides is 1. The second-order valence-corrected chi connectivity index (χ2v) is 7.58. The van der Waals surface area contributed by atoms with Crippen molar-refractivity contribution in [1.82, 2.24) is 14.7 Å². The Morgan fingerprint density at radius 2 is 1.97 bits per heavy atom. The van der Waals surface area contributed by atoms with E-state index in [2.05, 4.69) is 15.5 Å². The van der Waals surface area contributed by atoms with Gasteiger partial charge in [0.15, 0.2) is 11.0 Å². The topological polar surface area (TPSA) is 99.2 Å². The van der Waals surface area contributed by atoms with Crippen molar-refractivity contribution in [2.24, 2.45) is 0 Å². The molecular weight excluding hydrogens is 416 g/mol. The monoisotopic (exact) mass is 436 g/mol. The molecule has 0 radical (unpaired) electrons. The van der Waals surface area contributed by atoms with Crippen LogP contribution in [0.2, 0.25) is 0 Å². The van der Waals surface area contributed by atoms with Crippen LogP contribution in [0.5, 0.6) is 5.75 Å². The van der Waals surface area contributed by atoms with E-state index in [1.807, 2.05) is 13.0 Å². The molecule has 4 aromatic rings. The number of para-hydroxylation sites is 1. The van der Waals surface area contributed by atoms with Crippen LogP contribution in [0.3, 0.4) is 0 Å². The smallest absolute Gasteiger partial charge is 0.266 e. The summed E-state index contributed by atoms with van der Waals surface area (Å²) in [7, 11) is 0. The number of aryl methyl sites for hydroxylation is 1. The second-order valence-electron chi connectivity index (χ2n) is 6.64. The minimum atomic E-state index is -0.279. The molecule has 2 aromatic heterocycles. The van der Waals surface area contributed by atoms with Crippen molar-refractivity contribution in [2.45, 2.75) is 19.0 Å². The summed E-state index contributed by atoms with van der Waals surface area (Å²) in [5.41, 5.74) is 1.01. The molecule has 9 heteroatoms. The van der Waals surface area contributed by atoms with Crippen molar-refractivity contribution in [2.75, 3.05) is 17.7 Å². The van der Waals surface area contributed by atoms with Crippen molar-refractivity contribution in [3.05, 3.63) is 70.7 Å². The standard InChI is InChI=1S/C22H20N4O4S/c1-3-29-16-10-8-15(9-11-16)26-21(28)17-6-4-5-7-18(17)23-22(26)31-13-20(27)24-19-12-14(2)30-25-19/h4-12H,3,13H2,1-2H3,(H,24,25,27). The van der Waals surface area contributed by atoms with E-state index in [1.54, 1.807) is 55.5 Å². The molecule has 158 valence electrons. The Hall–Kier alpha value is -3.59. The Labute approximate surface area is 182 Å². The first-order valence-corrected chi connectivity index (χ1v) is 10.6. The molecule has 2 aromatic carbocycles. The van der Waals surface area contributed by atoms with E-state index < -0.39 is 0 Å². The molecule has 1 amide bonds. The number of fused-ring (bicyclic) bond motifs is 1. The normalized spacial score (nSPS) is 10.9. The number of thioether (sulfide) groups is 1. The summed E-state index contributed by atoms with van der Waals surface area (Å²) in [5.74, 6) is 1.43. The summed E-state index contributed by atoms with van der Waals surface area (Å²) in [6, 6.07) is 16.0. The maximum atomic E-state index is 13.3. The first-order chi connectivity index (χ1) is 15.0. The first-order valence-electron chi connectivity index (χ1n) is 9.66. The number of nitrogens with zero attached hydrogens (tertiary/aromatic N) is 3. The summed E-state index contributed by atoms with van der Waals surface area (Å²) >= 11 is 1.17. The molecule has 0 atom stereocenters. The average Bonchev–Trinajstić information content (AvgIpc) is 3.18. The molecule has 0 saturated carbocycles. The molecule has 0 fully saturated rings. The third-order valence-electron chi connectivity index (χ3n) is 4.38. The van der Waals surface area contributed by atoms with Crippen LogP contribution in [0.25, 0.3) is 16.6 Å². The van der Waals surface area contributed by atoms with Crippen LogP contribution in [0, 0.1) is 6.92 Å². The van der Waals surface area contributed by atoms with E-state index in [0.717, 1.165) is 0 Å². The number of nitrogens with one attached hydrogen (secondary N) is 1. The Bertz CT molecular complexity index is 1280. The minimum absolute atomic E-state index is 0.0493. The van der Waals surface area contributed by atoms with Crippen molar-refractivity contribution < 1.29 is 14.1 Å². The highest BCUT2D eigenvalue weighted by atomic mass is 32.2. The van der Waals surface area contributed by atoms with Crippen molar-refractivity contribution in [3.63, 3.8) is 0 Å². The molecule has 8 nitrogen and oxygen atoms in total. The number of hydrogen-bond donors (Lipinski definition) is 1. The van der Waals surface area contributed by atoms with Gasteiger partial charge in [-0.15, -0.1) is 0 Å².